The molecule has 142 valence electrons. The molecule has 0 saturated heterocycles. The van der Waals surface area contributed by atoms with E-state index in [4.69, 9.17) is 20.8 Å². The Morgan fingerprint density at radius 1 is 1.07 bits per heavy atom. The summed E-state index contributed by atoms with van der Waals surface area (Å²) < 4.78 is 11.2. The van der Waals surface area contributed by atoms with Crippen molar-refractivity contribution in [1.29, 1.82) is 0 Å². The molecular formula is C23H20ClNO3. The molecule has 0 spiro atoms. The Labute approximate surface area is 168 Å². The number of aryl methyl sites for hydroxylation is 2. The Bertz CT molecular complexity index is 1170. The van der Waals surface area contributed by atoms with Gasteiger partial charge in [0.1, 0.15) is 17.1 Å². The van der Waals surface area contributed by atoms with Gasteiger partial charge in [0.15, 0.2) is 0 Å². The first-order valence-electron chi connectivity index (χ1n) is 9.15. The average molecular weight is 394 g/mol. The summed E-state index contributed by atoms with van der Waals surface area (Å²) in [7, 11) is 0. The lowest BCUT2D eigenvalue weighted by molar-refractivity contribution is 0.0525. The Morgan fingerprint density at radius 3 is 2.54 bits per heavy atom. The van der Waals surface area contributed by atoms with Gasteiger partial charge in [0.2, 0.25) is 0 Å². The van der Waals surface area contributed by atoms with Crippen molar-refractivity contribution < 1.29 is 13.9 Å². The van der Waals surface area contributed by atoms with E-state index in [0.29, 0.717) is 28.7 Å². The molecule has 0 radical (unpaired) electrons. The fourth-order valence-electron chi connectivity index (χ4n) is 3.68. The monoisotopic (exact) mass is 393 g/mol. The molecule has 0 atom stereocenters. The summed E-state index contributed by atoms with van der Waals surface area (Å²) in [5.74, 6) is 0.821. The molecular weight excluding hydrogens is 374 g/mol. The maximum absolute atomic E-state index is 12.7. The number of aromatic amines is 1. The van der Waals surface area contributed by atoms with Crippen LogP contribution < -0.4 is 0 Å². The summed E-state index contributed by atoms with van der Waals surface area (Å²) in [5.41, 5.74) is 4.94. The Balaban J connectivity index is 2.09. The normalized spacial score (nSPS) is 11.1. The summed E-state index contributed by atoms with van der Waals surface area (Å²) in [5, 5.41) is 1.56. The van der Waals surface area contributed by atoms with Crippen molar-refractivity contribution in [2.75, 3.05) is 6.61 Å². The first kappa shape index (κ1) is 18.4. The SMILES string of the molecule is CCOC(=O)c1c(C)oc(C)c1-c1c(-c2ccccc2)[nH]c2ccc(Cl)cc12. The van der Waals surface area contributed by atoms with Crippen LogP contribution in [0, 0.1) is 13.8 Å². The lowest BCUT2D eigenvalue weighted by atomic mass is 9.95. The molecule has 2 aromatic carbocycles. The lowest BCUT2D eigenvalue weighted by Gasteiger charge is -2.08. The van der Waals surface area contributed by atoms with Crippen LogP contribution in [-0.2, 0) is 4.74 Å². The van der Waals surface area contributed by atoms with E-state index in [1.54, 1.807) is 13.8 Å². The van der Waals surface area contributed by atoms with Gasteiger partial charge in [-0.3, -0.25) is 0 Å². The molecule has 4 nitrogen and oxygen atoms in total. The van der Waals surface area contributed by atoms with E-state index in [0.717, 1.165) is 33.3 Å². The van der Waals surface area contributed by atoms with Gasteiger partial charge in [0.05, 0.1) is 12.3 Å². The molecule has 0 unspecified atom stereocenters. The molecule has 4 rings (SSSR count). The Kier molecular flexibility index (Phi) is 4.73. The van der Waals surface area contributed by atoms with Crippen LogP contribution in [0.25, 0.3) is 33.3 Å². The number of benzene rings is 2. The van der Waals surface area contributed by atoms with Gasteiger partial charge in [-0.1, -0.05) is 41.9 Å². The highest BCUT2D eigenvalue weighted by molar-refractivity contribution is 6.31. The zero-order valence-electron chi connectivity index (χ0n) is 15.9. The number of H-pyrrole nitrogens is 1. The van der Waals surface area contributed by atoms with Crippen LogP contribution in [0.4, 0.5) is 0 Å². The summed E-state index contributed by atoms with van der Waals surface area (Å²) in [6, 6.07) is 15.7. The molecule has 0 fully saturated rings. The molecule has 1 N–H and O–H groups in total. The van der Waals surface area contributed by atoms with Crippen molar-refractivity contribution in [2.24, 2.45) is 0 Å². The van der Waals surface area contributed by atoms with Crippen molar-refractivity contribution >= 4 is 28.5 Å². The second kappa shape index (κ2) is 7.21. The van der Waals surface area contributed by atoms with Gasteiger partial charge in [0.25, 0.3) is 0 Å². The summed E-state index contributed by atoms with van der Waals surface area (Å²) in [6.07, 6.45) is 0. The number of carbonyl (C=O) groups excluding carboxylic acids is 1. The molecule has 5 heteroatoms. The molecule has 2 heterocycles. The molecule has 0 amide bonds. The fraction of sp³-hybridized carbons (Fsp3) is 0.174. The van der Waals surface area contributed by atoms with Crippen LogP contribution in [0.3, 0.4) is 0 Å². The number of hydrogen-bond donors (Lipinski definition) is 1. The molecule has 0 saturated carbocycles. The van der Waals surface area contributed by atoms with E-state index < -0.39 is 0 Å². The largest absolute Gasteiger partial charge is 0.465 e. The van der Waals surface area contributed by atoms with E-state index in [2.05, 4.69) is 4.98 Å². The number of aromatic nitrogens is 1. The number of ether oxygens (including phenoxy) is 1. The summed E-state index contributed by atoms with van der Waals surface area (Å²) in [6.45, 7) is 5.74. The number of nitrogens with one attached hydrogen (secondary N) is 1. The van der Waals surface area contributed by atoms with Gasteiger partial charge in [-0.25, -0.2) is 4.79 Å². The maximum Gasteiger partial charge on any atom is 0.342 e. The smallest absolute Gasteiger partial charge is 0.342 e. The van der Waals surface area contributed by atoms with Gasteiger partial charge in [-0.15, -0.1) is 0 Å². The van der Waals surface area contributed by atoms with E-state index >= 15 is 0 Å². The third kappa shape index (κ3) is 3.00. The zero-order valence-corrected chi connectivity index (χ0v) is 16.7. The van der Waals surface area contributed by atoms with E-state index in [-0.39, 0.29) is 5.97 Å². The van der Waals surface area contributed by atoms with E-state index in [9.17, 15) is 4.79 Å². The molecule has 0 bridgehead atoms. The minimum absolute atomic E-state index is 0.299. The van der Waals surface area contributed by atoms with Crippen LogP contribution in [0.1, 0.15) is 28.8 Å². The second-order valence-corrected chi connectivity index (χ2v) is 7.05. The predicted octanol–water partition coefficient (Wildman–Crippen LogP) is 6.54. The fourth-order valence-corrected chi connectivity index (χ4v) is 3.85. The minimum atomic E-state index is -0.387. The zero-order chi connectivity index (χ0) is 19.8. The molecule has 28 heavy (non-hydrogen) atoms. The number of halogens is 1. The highest BCUT2D eigenvalue weighted by Gasteiger charge is 2.28. The van der Waals surface area contributed by atoms with Gasteiger partial charge < -0.3 is 14.1 Å². The van der Waals surface area contributed by atoms with Crippen molar-refractivity contribution in [3.8, 4) is 22.4 Å². The quantitative estimate of drug-likeness (QED) is 0.400. The molecule has 0 aliphatic heterocycles. The number of rotatable bonds is 4. The van der Waals surface area contributed by atoms with Crippen molar-refractivity contribution in [2.45, 2.75) is 20.8 Å². The van der Waals surface area contributed by atoms with Crippen molar-refractivity contribution in [1.82, 2.24) is 4.98 Å². The Hall–Kier alpha value is -2.98. The number of esters is 1. The minimum Gasteiger partial charge on any atom is -0.465 e. The third-order valence-corrected chi connectivity index (χ3v) is 5.05. The highest BCUT2D eigenvalue weighted by Crippen LogP contribution is 2.43. The first-order chi connectivity index (χ1) is 13.5. The standard InChI is InChI=1S/C23H20ClNO3/c1-4-27-23(26)20-14(3)28-13(2)19(20)21-17-12-16(24)10-11-18(17)25-22(21)15-8-6-5-7-9-15/h5-12,25H,4H2,1-3H3. The van der Waals surface area contributed by atoms with Gasteiger partial charge in [-0.05, 0) is 44.5 Å². The molecule has 4 aromatic rings. The van der Waals surface area contributed by atoms with Crippen molar-refractivity contribution in [3.63, 3.8) is 0 Å². The van der Waals surface area contributed by atoms with Crippen LogP contribution in [0.5, 0.6) is 0 Å². The summed E-state index contributed by atoms with van der Waals surface area (Å²) in [4.78, 5) is 16.2. The second-order valence-electron chi connectivity index (χ2n) is 6.62. The third-order valence-electron chi connectivity index (χ3n) is 4.81. The average Bonchev–Trinajstić information content (AvgIpc) is 3.18. The topological polar surface area (TPSA) is 55.2 Å². The van der Waals surface area contributed by atoms with E-state index in [1.165, 1.54) is 0 Å². The van der Waals surface area contributed by atoms with Crippen LogP contribution >= 0.6 is 11.6 Å². The van der Waals surface area contributed by atoms with Gasteiger partial charge in [0, 0.05) is 27.1 Å². The van der Waals surface area contributed by atoms with Crippen LogP contribution in [-0.4, -0.2) is 17.6 Å². The van der Waals surface area contributed by atoms with E-state index in [1.807, 2.05) is 55.5 Å². The number of fused-ring (bicyclic) bond motifs is 1. The lowest BCUT2D eigenvalue weighted by Crippen LogP contribution is -2.06. The van der Waals surface area contributed by atoms with Crippen molar-refractivity contribution in [3.05, 3.63) is 70.6 Å². The summed E-state index contributed by atoms with van der Waals surface area (Å²) >= 11 is 6.30. The number of carbonyl (C=O) groups is 1. The molecule has 2 aromatic heterocycles. The maximum atomic E-state index is 12.7. The van der Waals surface area contributed by atoms with Crippen LogP contribution in [0.15, 0.2) is 52.9 Å². The Morgan fingerprint density at radius 2 is 1.82 bits per heavy atom. The highest BCUT2D eigenvalue weighted by atomic mass is 35.5. The van der Waals surface area contributed by atoms with Gasteiger partial charge in [-0.2, -0.15) is 0 Å². The number of furan rings is 1. The number of hydrogen-bond acceptors (Lipinski definition) is 3. The molecule has 0 aliphatic rings. The van der Waals surface area contributed by atoms with Gasteiger partial charge >= 0.3 is 5.97 Å². The first-order valence-corrected chi connectivity index (χ1v) is 9.53. The predicted molar refractivity (Wildman–Crippen MR) is 112 cm³/mol. The van der Waals surface area contributed by atoms with Crippen LogP contribution in [0.2, 0.25) is 5.02 Å². The molecule has 0 aliphatic carbocycles.